The lowest BCUT2D eigenvalue weighted by atomic mass is 9.94. The Kier molecular flexibility index (Phi) is 5.19. The summed E-state index contributed by atoms with van der Waals surface area (Å²) in [7, 11) is 0. The normalized spacial score (nSPS) is 16.3. The Balaban J connectivity index is 1.69. The maximum absolute atomic E-state index is 9.32. The average molecular weight is 301 g/mol. The van der Waals surface area contributed by atoms with Crippen LogP contribution < -0.4 is 0 Å². The highest BCUT2D eigenvalue weighted by molar-refractivity contribution is 5.51. The monoisotopic (exact) mass is 301 g/mol. The first-order valence-electron chi connectivity index (χ1n) is 8.09. The minimum absolute atomic E-state index is 0.163. The van der Waals surface area contributed by atoms with Gasteiger partial charge in [-0.2, -0.15) is 0 Å². The van der Waals surface area contributed by atoms with Crippen LogP contribution in [-0.4, -0.2) is 39.4 Å². The van der Waals surface area contributed by atoms with Gasteiger partial charge in [-0.15, -0.1) is 10.2 Å². The van der Waals surface area contributed by atoms with Gasteiger partial charge in [0.15, 0.2) is 0 Å². The first-order valence-corrected chi connectivity index (χ1v) is 8.09. The van der Waals surface area contributed by atoms with Gasteiger partial charge in [-0.3, -0.25) is 4.90 Å². The predicted octanol–water partition coefficient (Wildman–Crippen LogP) is 2.86. The average Bonchev–Trinajstić information content (AvgIpc) is 3.05. The van der Waals surface area contributed by atoms with Crippen LogP contribution in [0.1, 0.15) is 38.0 Å². The van der Waals surface area contributed by atoms with Crippen molar-refractivity contribution in [2.45, 2.75) is 44.7 Å². The zero-order valence-electron chi connectivity index (χ0n) is 12.8. The number of aliphatic hydroxyl groups is 1. The van der Waals surface area contributed by atoms with Crippen LogP contribution in [-0.2, 0) is 6.54 Å². The van der Waals surface area contributed by atoms with Crippen LogP contribution in [0.3, 0.4) is 0 Å². The summed E-state index contributed by atoms with van der Waals surface area (Å²) in [5, 5.41) is 17.6. The minimum Gasteiger partial charge on any atom is -0.419 e. The van der Waals surface area contributed by atoms with Crippen molar-refractivity contribution < 1.29 is 9.52 Å². The smallest absolute Gasteiger partial charge is 0.247 e. The number of hydrogen-bond donors (Lipinski definition) is 1. The Morgan fingerprint density at radius 1 is 1.09 bits per heavy atom. The van der Waals surface area contributed by atoms with Crippen molar-refractivity contribution in [3.63, 3.8) is 0 Å². The van der Waals surface area contributed by atoms with Gasteiger partial charge in [0.25, 0.3) is 0 Å². The van der Waals surface area contributed by atoms with Gasteiger partial charge < -0.3 is 9.52 Å². The fourth-order valence-electron chi connectivity index (χ4n) is 3.15. The van der Waals surface area contributed by atoms with Crippen LogP contribution in [0.15, 0.2) is 34.7 Å². The lowest BCUT2D eigenvalue weighted by Gasteiger charge is -2.32. The van der Waals surface area contributed by atoms with E-state index in [-0.39, 0.29) is 6.61 Å². The molecular formula is C17H23N3O2. The molecule has 22 heavy (non-hydrogen) atoms. The van der Waals surface area contributed by atoms with Gasteiger partial charge >= 0.3 is 0 Å². The van der Waals surface area contributed by atoms with Gasteiger partial charge in [0, 0.05) is 18.2 Å². The maximum Gasteiger partial charge on any atom is 0.247 e. The lowest BCUT2D eigenvalue weighted by Crippen LogP contribution is -2.38. The third-order valence-electron chi connectivity index (χ3n) is 4.30. The van der Waals surface area contributed by atoms with Crippen LogP contribution >= 0.6 is 0 Å². The standard InChI is InChI=1S/C17H23N3O2/c21-12-11-20(15-9-5-2-6-10-15)13-16-18-19-17(22-16)14-7-3-1-4-8-14/h1,3-4,7-8,15,21H,2,5-6,9-13H2. The Morgan fingerprint density at radius 3 is 2.59 bits per heavy atom. The van der Waals surface area contributed by atoms with E-state index in [1.807, 2.05) is 30.3 Å². The van der Waals surface area contributed by atoms with E-state index >= 15 is 0 Å². The summed E-state index contributed by atoms with van der Waals surface area (Å²) in [4.78, 5) is 2.28. The molecule has 1 fully saturated rings. The summed E-state index contributed by atoms with van der Waals surface area (Å²) < 4.78 is 5.79. The van der Waals surface area contributed by atoms with Crippen LogP contribution in [0.4, 0.5) is 0 Å². The van der Waals surface area contributed by atoms with Crippen molar-refractivity contribution in [1.82, 2.24) is 15.1 Å². The molecule has 1 heterocycles. The van der Waals surface area contributed by atoms with Gasteiger partial charge in [-0.05, 0) is 25.0 Å². The van der Waals surface area contributed by atoms with E-state index in [0.717, 1.165) is 5.56 Å². The van der Waals surface area contributed by atoms with E-state index in [1.54, 1.807) is 0 Å². The third-order valence-corrected chi connectivity index (χ3v) is 4.30. The molecule has 0 aliphatic heterocycles. The maximum atomic E-state index is 9.32. The quantitative estimate of drug-likeness (QED) is 0.889. The molecule has 1 aromatic heterocycles. The van der Waals surface area contributed by atoms with Crippen molar-refractivity contribution in [3.05, 3.63) is 36.2 Å². The predicted molar refractivity (Wildman–Crippen MR) is 84.1 cm³/mol. The first kappa shape index (κ1) is 15.2. The molecule has 1 aliphatic rings. The summed E-state index contributed by atoms with van der Waals surface area (Å²) in [5.41, 5.74) is 0.938. The molecule has 0 bridgehead atoms. The highest BCUT2D eigenvalue weighted by atomic mass is 16.4. The van der Waals surface area contributed by atoms with Crippen LogP contribution in [0.25, 0.3) is 11.5 Å². The minimum atomic E-state index is 0.163. The van der Waals surface area contributed by atoms with Crippen LogP contribution in [0, 0.1) is 0 Å². The number of hydrogen-bond acceptors (Lipinski definition) is 5. The second kappa shape index (κ2) is 7.51. The number of nitrogens with zero attached hydrogens (tertiary/aromatic N) is 3. The Morgan fingerprint density at radius 2 is 1.86 bits per heavy atom. The van der Waals surface area contributed by atoms with E-state index in [2.05, 4.69) is 15.1 Å². The number of aromatic nitrogens is 2. The van der Waals surface area contributed by atoms with Crippen molar-refractivity contribution in [3.8, 4) is 11.5 Å². The molecule has 1 saturated carbocycles. The van der Waals surface area contributed by atoms with E-state index in [4.69, 9.17) is 4.42 Å². The molecule has 0 unspecified atom stereocenters. The second-order valence-corrected chi connectivity index (χ2v) is 5.85. The zero-order chi connectivity index (χ0) is 15.2. The van der Waals surface area contributed by atoms with E-state index in [0.29, 0.717) is 30.9 Å². The van der Waals surface area contributed by atoms with Crippen molar-refractivity contribution >= 4 is 0 Å². The van der Waals surface area contributed by atoms with Crippen LogP contribution in [0.2, 0.25) is 0 Å². The van der Waals surface area contributed by atoms with E-state index in [1.165, 1.54) is 32.1 Å². The van der Waals surface area contributed by atoms with Crippen molar-refractivity contribution in [2.75, 3.05) is 13.2 Å². The SMILES string of the molecule is OCCN(Cc1nnc(-c2ccccc2)o1)C1CCCCC1. The van der Waals surface area contributed by atoms with Crippen LogP contribution in [0.5, 0.6) is 0 Å². The molecule has 5 heteroatoms. The lowest BCUT2D eigenvalue weighted by molar-refractivity contribution is 0.108. The summed E-state index contributed by atoms with van der Waals surface area (Å²) in [5.74, 6) is 1.18. The molecule has 5 nitrogen and oxygen atoms in total. The summed E-state index contributed by atoms with van der Waals surface area (Å²) in [6.45, 7) is 1.44. The topological polar surface area (TPSA) is 62.4 Å². The summed E-state index contributed by atoms with van der Waals surface area (Å²) >= 11 is 0. The van der Waals surface area contributed by atoms with E-state index < -0.39 is 0 Å². The molecule has 118 valence electrons. The molecule has 0 spiro atoms. The Bertz CT molecular complexity index is 564. The molecule has 1 aliphatic carbocycles. The molecule has 1 aromatic carbocycles. The molecular weight excluding hydrogens is 278 g/mol. The first-order chi connectivity index (χ1) is 10.9. The van der Waals surface area contributed by atoms with E-state index in [9.17, 15) is 5.11 Å². The van der Waals surface area contributed by atoms with Crippen molar-refractivity contribution in [2.24, 2.45) is 0 Å². The largest absolute Gasteiger partial charge is 0.419 e. The number of rotatable bonds is 6. The third kappa shape index (κ3) is 3.72. The molecule has 0 amide bonds. The molecule has 2 aromatic rings. The summed E-state index contributed by atoms with van der Waals surface area (Å²) in [6, 6.07) is 10.3. The highest BCUT2D eigenvalue weighted by Gasteiger charge is 2.22. The number of benzene rings is 1. The molecule has 1 N–H and O–H groups in total. The molecule has 0 atom stereocenters. The van der Waals surface area contributed by atoms with Gasteiger partial charge in [0.05, 0.1) is 13.2 Å². The van der Waals surface area contributed by atoms with Gasteiger partial charge in [-0.1, -0.05) is 37.5 Å². The van der Waals surface area contributed by atoms with Gasteiger partial charge in [0.1, 0.15) is 0 Å². The van der Waals surface area contributed by atoms with Gasteiger partial charge in [-0.25, -0.2) is 0 Å². The molecule has 3 rings (SSSR count). The Labute approximate surface area is 131 Å². The molecule has 0 radical (unpaired) electrons. The van der Waals surface area contributed by atoms with Gasteiger partial charge in [0.2, 0.25) is 11.8 Å². The molecule has 0 saturated heterocycles. The number of aliphatic hydroxyl groups excluding tert-OH is 1. The highest BCUT2D eigenvalue weighted by Crippen LogP contribution is 2.24. The Hall–Kier alpha value is -1.72. The second-order valence-electron chi connectivity index (χ2n) is 5.85. The van der Waals surface area contributed by atoms with Crippen molar-refractivity contribution in [1.29, 1.82) is 0 Å². The fraction of sp³-hybridized carbons (Fsp3) is 0.529. The summed E-state index contributed by atoms with van der Waals surface area (Å²) in [6.07, 6.45) is 6.25. The fourth-order valence-corrected chi connectivity index (χ4v) is 3.15. The zero-order valence-corrected chi connectivity index (χ0v) is 12.8.